The Morgan fingerprint density at radius 2 is 1.90 bits per heavy atom. The van der Waals surface area contributed by atoms with Gasteiger partial charge in [-0.15, -0.1) is 0 Å². The summed E-state index contributed by atoms with van der Waals surface area (Å²) in [6.45, 7) is 0. The van der Waals surface area contributed by atoms with Gasteiger partial charge in [0.05, 0.1) is 17.4 Å². The fourth-order valence-electron chi connectivity index (χ4n) is 2.92. The van der Waals surface area contributed by atoms with Crippen molar-refractivity contribution < 1.29 is 14.1 Å². The maximum Gasteiger partial charge on any atom is 0.353 e. The zero-order chi connectivity index (χ0) is 21.3. The number of nitro groups is 1. The minimum absolute atomic E-state index is 0.0218. The van der Waals surface area contributed by atoms with Crippen molar-refractivity contribution in [3.63, 3.8) is 0 Å². The first-order valence-corrected chi connectivity index (χ1v) is 8.70. The summed E-state index contributed by atoms with van der Waals surface area (Å²) in [5.74, 6) is 0.703. The molecule has 0 saturated heterocycles. The van der Waals surface area contributed by atoms with E-state index < -0.39 is 10.6 Å². The third-order valence-corrected chi connectivity index (χ3v) is 4.40. The lowest BCUT2D eigenvalue weighted by Gasteiger charge is -2.08. The molecule has 0 spiro atoms. The first-order valence-electron chi connectivity index (χ1n) is 8.70. The van der Waals surface area contributed by atoms with Gasteiger partial charge < -0.3 is 20.2 Å². The van der Waals surface area contributed by atoms with E-state index in [2.05, 4.69) is 15.3 Å². The zero-order valence-corrected chi connectivity index (χ0v) is 15.7. The van der Waals surface area contributed by atoms with Crippen LogP contribution in [0.25, 0.3) is 22.3 Å². The van der Waals surface area contributed by atoms with E-state index >= 15 is 0 Å². The Kier molecular flexibility index (Phi) is 4.72. The van der Waals surface area contributed by atoms with Crippen LogP contribution in [-0.2, 0) is 0 Å². The van der Waals surface area contributed by atoms with Gasteiger partial charge in [-0.25, -0.2) is 9.97 Å². The molecule has 4 rings (SSSR count). The molecule has 2 heterocycles. The van der Waals surface area contributed by atoms with Gasteiger partial charge in [0.25, 0.3) is 0 Å². The average molecular weight is 405 g/mol. The minimum atomic E-state index is -0.648. The molecule has 0 radical (unpaired) electrons. The molecule has 0 amide bonds. The predicted octanol–water partition coefficient (Wildman–Crippen LogP) is 3.49. The van der Waals surface area contributed by atoms with Crippen molar-refractivity contribution in [2.45, 2.75) is 0 Å². The van der Waals surface area contributed by atoms with Crippen LogP contribution in [0.5, 0.6) is 5.75 Å². The van der Waals surface area contributed by atoms with Crippen LogP contribution in [0.3, 0.4) is 0 Å². The van der Waals surface area contributed by atoms with Crippen LogP contribution in [0.15, 0.2) is 64.1 Å². The average Bonchev–Trinajstić information content (AvgIpc) is 2.74. The Balaban J connectivity index is 1.66. The summed E-state index contributed by atoms with van der Waals surface area (Å²) in [4.78, 5) is 30.5. The number of aromatic nitrogens is 2. The normalized spacial score (nSPS) is 10.7. The Morgan fingerprint density at radius 3 is 2.60 bits per heavy atom. The zero-order valence-electron chi connectivity index (χ0n) is 15.7. The van der Waals surface area contributed by atoms with E-state index in [-0.39, 0.29) is 17.1 Å². The Morgan fingerprint density at radius 1 is 1.13 bits per heavy atom. The van der Waals surface area contributed by atoms with Crippen molar-refractivity contribution in [2.75, 3.05) is 18.2 Å². The molecule has 0 aliphatic heterocycles. The molecular formula is C20H15N5O5. The molecule has 10 nitrogen and oxygen atoms in total. The second-order valence-corrected chi connectivity index (χ2v) is 6.25. The number of nitrogens with zero attached hydrogens (tertiary/aromatic N) is 3. The van der Waals surface area contributed by atoms with Crippen LogP contribution in [-0.4, -0.2) is 22.0 Å². The van der Waals surface area contributed by atoms with E-state index in [9.17, 15) is 14.9 Å². The minimum Gasteiger partial charge on any atom is -0.497 e. The number of methoxy groups -OCH3 is 1. The summed E-state index contributed by atoms with van der Waals surface area (Å²) in [6, 6.07) is 13.2. The second kappa shape index (κ2) is 7.51. The van der Waals surface area contributed by atoms with E-state index in [1.165, 1.54) is 13.2 Å². The fourth-order valence-corrected chi connectivity index (χ4v) is 2.92. The SMILES string of the molecule is COc1ccc2oc(-c3ccc(Nc4ncnc(N)c4[N+](=O)[O-])cc3)cc(=O)c2c1. The highest BCUT2D eigenvalue weighted by Gasteiger charge is 2.21. The molecule has 0 aliphatic rings. The van der Waals surface area contributed by atoms with E-state index in [0.29, 0.717) is 33.7 Å². The molecule has 4 aromatic rings. The first-order chi connectivity index (χ1) is 14.5. The number of ether oxygens (including phenoxy) is 1. The highest BCUT2D eigenvalue weighted by molar-refractivity contribution is 5.80. The van der Waals surface area contributed by atoms with Gasteiger partial charge in [0.2, 0.25) is 11.6 Å². The molecule has 0 unspecified atom stereocenters. The Hall–Kier alpha value is -4.47. The third kappa shape index (κ3) is 3.49. The van der Waals surface area contributed by atoms with Gasteiger partial charge >= 0.3 is 5.69 Å². The summed E-state index contributed by atoms with van der Waals surface area (Å²) in [5, 5.41) is 14.5. The summed E-state index contributed by atoms with van der Waals surface area (Å²) in [5.41, 5.74) is 6.60. The summed E-state index contributed by atoms with van der Waals surface area (Å²) >= 11 is 0. The van der Waals surface area contributed by atoms with Crippen molar-refractivity contribution in [3.05, 3.63) is 75.2 Å². The van der Waals surface area contributed by atoms with E-state index in [1.54, 1.807) is 42.5 Å². The summed E-state index contributed by atoms with van der Waals surface area (Å²) in [6.07, 6.45) is 1.14. The first kappa shape index (κ1) is 18.9. The molecule has 2 aromatic heterocycles. The second-order valence-electron chi connectivity index (χ2n) is 6.25. The molecule has 30 heavy (non-hydrogen) atoms. The number of rotatable bonds is 5. The molecule has 10 heteroatoms. The van der Waals surface area contributed by atoms with Crippen LogP contribution in [0.2, 0.25) is 0 Å². The van der Waals surface area contributed by atoms with Crippen molar-refractivity contribution in [3.8, 4) is 17.1 Å². The lowest BCUT2D eigenvalue weighted by Crippen LogP contribution is -2.05. The topological polar surface area (TPSA) is 146 Å². The quantitative estimate of drug-likeness (QED) is 0.376. The largest absolute Gasteiger partial charge is 0.497 e. The van der Waals surface area contributed by atoms with Crippen molar-refractivity contribution in [1.82, 2.24) is 9.97 Å². The number of hydrogen-bond donors (Lipinski definition) is 2. The highest BCUT2D eigenvalue weighted by Crippen LogP contribution is 2.30. The number of nitrogens with one attached hydrogen (secondary N) is 1. The monoisotopic (exact) mass is 405 g/mol. The Bertz CT molecular complexity index is 1320. The van der Waals surface area contributed by atoms with Crippen LogP contribution < -0.4 is 21.2 Å². The van der Waals surface area contributed by atoms with Crippen molar-refractivity contribution in [2.24, 2.45) is 0 Å². The smallest absolute Gasteiger partial charge is 0.353 e. The molecular weight excluding hydrogens is 390 g/mol. The molecule has 0 bridgehead atoms. The number of anilines is 3. The lowest BCUT2D eigenvalue weighted by atomic mass is 10.1. The summed E-state index contributed by atoms with van der Waals surface area (Å²) < 4.78 is 11.0. The molecule has 2 aromatic carbocycles. The van der Waals surface area contributed by atoms with Gasteiger partial charge in [0.1, 0.15) is 23.4 Å². The number of benzene rings is 2. The van der Waals surface area contributed by atoms with Gasteiger partial charge in [-0.3, -0.25) is 14.9 Å². The molecule has 0 atom stereocenters. The fraction of sp³-hybridized carbons (Fsp3) is 0.0500. The summed E-state index contributed by atoms with van der Waals surface area (Å²) in [7, 11) is 1.52. The van der Waals surface area contributed by atoms with E-state index in [4.69, 9.17) is 14.9 Å². The highest BCUT2D eigenvalue weighted by atomic mass is 16.6. The van der Waals surface area contributed by atoms with Gasteiger partial charge in [0.15, 0.2) is 5.43 Å². The van der Waals surface area contributed by atoms with Crippen molar-refractivity contribution in [1.29, 1.82) is 0 Å². The number of hydrogen-bond acceptors (Lipinski definition) is 9. The molecule has 0 aliphatic carbocycles. The Labute approximate surface area is 169 Å². The van der Waals surface area contributed by atoms with Gasteiger partial charge in [0, 0.05) is 17.3 Å². The van der Waals surface area contributed by atoms with Gasteiger partial charge in [-0.1, -0.05) is 0 Å². The molecule has 0 fully saturated rings. The van der Waals surface area contributed by atoms with Gasteiger partial charge in [-0.2, -0.15) is 0 Å². The maximum atomic E-state index is 12.5. The van der Waals surface area contributed by atoms with E-state index in [1.807, 2.05) is 0 Å². The maximum absolute atomic E-state index is 12.5. The van der Waals surface area contributed by atoms with Crippen molar-refractivity contribution >= 4 is 34.0 Å². The third-order valence-electron chi connectivity index (χ3n) is 4.40. The predicted molar refractivity (Wildman–Crippen MR) is 111 cm³/mol. The number of nitrogens with two attached hydrogens (primary N) is 1. The molecule has 3 N–H and O–H groups in total. The molecule has 150 valence electrons. The number of nitrogen functional groups attached to an aromatic ring is 1. The standard InChI is InChI=1S/C20H15N5O5/c1-29-13-6-7-16-14(8-13)15(26)9-17(30-16)11-2-4-12(5-3-11)24-20-18(25(27)28)19(21)22-10-23-20/h2-10H,1H3,(H3,21,22,23,24). The van der Waals surface area contributed by atoms with Gasteiger partial charge in [-0.05, 0) is 42.5 Å². The van der Waals surface area contributed by atoms with Crippen LogP contribution >= 0.6 is 0 Å². The van der Waals surface area contributed by atoms with Crippen LogP contribution in [0.1, 0.15) is 0 Å². The van der Waals surface area contributed by atoms with Crippen LogP contribution in [0, 0.1) is 10.1 Å². The lowest BCUT2D eigenvalue weighted by molar-refractivity contribution is -0.383. The van der Waals surface area contributed by atoms with E-state index in [0.717, 1.165) is 6.33 Å². The molecule has 0 saturated carbocycles. The van der Waals surface area contributed by atoms with Crippen LogP contribution in [0.4, 0.5) is 23.0 Å². The number of fused-ring (bicyclic) bond motifs is 1.